The van der Waals surface area contributed by atoms with Crippen LogP contribution in [0.5, 0.6) is 5.75 Å². The van der Waals surface area contributed by atoms with E-state index in [0.29, 0.717) is 0 Å². The molecule has 0 amide bonds. The van der Waals surface area contributed by atoms with Crippen LogP contribution in [-0.2, 0) is 13.0 Å². The Labute approximate surface area is 118 Å². The Morgan fingerprint density at radius 2 is 2.00 bits per heavy atom. The van der Waals surface area contributed by atoms with Crippen LogP contribution in [0.25, 0.3) is 0 Å². The van der Waals surface area contributed by atoms with Gasteiger partial charge in [-0.15, -0.1) is 11.8 Å². The van der Waals surface area contributed by atoms with Gasteiger partial charge >= 0.3 is 0 Å². The van der Waals surface area contributed by atoms with E-state index in [1.54, 1.807) is 11.8 Å². The van der Waals surface area contributed by atoms with Gasteiger partial charge in [-0.25, -0.2) is 0 Å². The Hall–Kier alpha value is -1.61. The highest BCUT2D eigenvalue weighted by Crippen LogP contribution is 2.26. The number of fused-ring (bicyclic) bond motifs is 1. The fourth-order valence-corrected chi connectivity index (χ4v) is 2.67. The van der Waals surface area contributed by atoms with Gasteiger partial charge in [0.05, 0.1) is 6.61 Å². The van der Waals surface area contributed by atoms with E-state index in [-0.39, 0.29) is 0 Å². The predicted octanol–water partition coefficient (Wildman–Crippen LogP) is 3.96. The van der Waals surface area contributed by atoms with Crippen LogP contribution in [-0.4, -0.2) is 12.9 Å². The zero-order valence-corrected chi connectivity index (χ0v) is 11.8. The van der Waals surface area contributed by atoms with Gasteiger partial charge in [-0.1, -0.05) is 12.1 Å². The molecule has 1 N–H and O–H groups in total. The molecule has 0 bridgehead atoms. The molecule has 2 nitrogen and oxygen atoms in total. The van der Waals surface area contributed by atoms with Crippen LogP contribution in [0.15, 0.2) is 47.4 Å². The van der Waals surface area contributed by atoms with Gasteiger partial charge in [0, 0.05) is 23.5 Å². The number of hydrogen-bond donors (Lipinski definition) is 1. The normalized spacial score (nSPS) is 12.9. The Kier molecular flexibility index (Phi) is 3.65. The van der Waals surface area contributed by atoms with Crippen molar-refractivity contribution in [3.63, 3.8) is 0 Å². The van der Waals surface area contributed by atoms with E-state index in [1.165, 1.54) is 16.0 Å². The fraction of sp³-hybridized carbons (Fsp3) is 0.250. The maximum Gasteiger partial charge on any atom is 0.122 e. The Bertz CT molecular complexity index is 565. The van der Waals surface area contributed by atoms with E-state index < -0.39 is 0 Å². The highest BCUT2D eigenvalue weighted by atomic mass is 32.2. The molecule has 1 heterocycles. The zero-order valence-electron chi connectivity index (χ0n) is 11.0. The Balaban J connectivity index is 1.65. The van der Waals surface area contributed by atoms with E-state index in [2.05, 4.69) is 54.0 Å². The lowest BCUT2D eigenvalue weighted by atomic mass is 10.1. The molecule has 1 aliphatic rings. The molecule has 0 fully saturated rings. The second kappa shape index (κ2) is 5.57. The van der Waals surface area contributed by atoms with Gasteiger partial charge in [0.2, 0.25) is 0 Å². The molecule has 19 heavy (non-hydrogen) atoms. The molecular formula is C16H17NOS. The van der Waals surface area contributed by atoms with Gasteiger partial charge in [0.25, 0.3) is 0 Å². The van der Waals surface area contributed by atoms with Crippen molar-refractivity contribution in [1.82, 2.24) is 0 Å². The van der Waals surface area contributed by atoms with Crippen molar-refractivity contribution in [1.29, 1.82) is 0 Å². The van der Waals surface area contributed by atoms with Crippen LogP contribution in [0.1, 0.15) is 11.1 Å². The van der Waals surface area contributed by atoms with Crippen molar-refractivity contribution in [3.8, 4) is 5.75 Å². The Morgan fingerprint density at radius 3 is 2.79 bits per heavy atom. The molecule has 0 saturated carbocycles. The summed E-state index contributed by atoms with van der Waals surface area (Å²) in [5.41, 5.74) is 3.80. The highest BCUT2D eigenvalue weighted by molar-refractivity contribution is 7.98. The molecule has 0 unspecified atom stereocenters. The first kappa shape index (κ1) is 12.4. The smallest absolute Gasteiger partial charge is 0.122 e. The molecule has 0 saturated heterocycles. The SMILES string of the molecule is CSc1ccc(NCc2ccc3c(c2)CCO3)cc1. The third-order valence-electron chi connectivity index (χ3n) is 3.34. The average Bonchev–Trinajstić information content (AvgIpc) is 2.93. The van der Waals surface area contributed by atoms with E-state index in [0.717, 1.165) is 31.0 Å². The molecule has 0 atom stereocenters. The maximum atomic E-state index is 5.52. The van der Waals surface area contributed by atoms with E-state index in [9.17, 15) is 0 Å². The van der Waals surface area contributed by atoms with Gasteiger partial charge in [-0.2, -0.15) is 0 Å². The van der Waals surface area contributed by atoms with Crippen molar-refractivity contribution < 1.29 is 4.74 Å². The number of hydrogen-bond acceptors (Lipinski definition) is 3. The number of thioether (sulfide) groups is 1. The van der Waals surface area contributed by atoms with Crippen molar-refractivity contribution in [2.45, 2.75) is 17.9 Å². The first-order valence-electron chi connectivity index (χ1n) is 6.48. The number of rotatable bonds is 4. The van der Waals surface area contributed by atoms with E-state index in [4.69, 9.17) is 4.74 Å². The summed E-state index contributed by atoms with van der Waals surface area (Å²) in [5, 5.41) is 3.45. The quantitative estimate of drug-likeness (QED) is 0.851. The number of anilines is 1. The summed E-state index contributed by atoms with van der Waals surface area (Å²) in [6.45, 7) is 1.67. The van der Waals surface area contributed by atoms with Crippen molar-refractivity contribution in [3.05, 3.63) is 53.6 Å². The molecule has 2 aromatic carbocycles. The van der Waals surface area contributed by atoms with Crippen molar-refractivity contribution >= 4 is 17.4 Å². The standard InChI is InChI=1S/C16H17NOS/c1-19-15-5-3-14(4-6-15)17-11-12-2-7-16-13(10-12)8-9-18-16/h2-7,10,17H,8-9,11H2,1H3. The Morgan fingerprint density at radius 1 is 1.16 bits per heavy atom. The van der Waals surface area contributed by atoms with Gasteiger partial charge in [-0.3, -0.25) is 0 Å². The minimum Gasteiger partial charge on any atom is -0.493 e. The summed E-state index contributed by atoms with van der Waals surface area (Å²) in [6.07, 6.45) is 3.13. The molecule has 1 aliphatic heterocycles. The highest BCUT2D eigenvalue weighted by Gasteiger charge is 2.11. The lowest BCUT2D eigenvalue weighted by molar-refractivity contribution is 0.357. The van der Waals surface area contributed by atoms with Crippen LogP contribution in [0.2, 0.25) is 0 Å². The lowest BCUT2D eigenvalue weighted by Crippen LogP contribution is -1.99. The number of benzene rings is 2. The van der Waals surface area contributed by atoms with Gasteiger partial charge < -0.3 is 10.1 Å². The number of ether oxygens (including phenoxy) is 1. The molecule has 0 aliphatic carbocycles. The fourth-order valence-electron chi connectivity index (χ4n) is 2.26. The van der Waals surface area contributed by atoms with Crippen molar-refractivity contribution in [2.75, 3.05) is 18.2 Å². The molecule has 2 aromatic rings. The van der Waals surface area contributed by atoms with E-state index >= 15 is 0 Å². The summed E-state index contributed by atoms with van der Waals surface area (Å²) in [5.74, 6) is 1.05. The van der Waals surface area contributed by atoms with Crippen LogP contribution in [0, 0.1) is 0 Å². The summed E-state index contributed by atoms with van der Waals surface area (Å²) >= 11 is 1.76. The van der Waals surface area contributed by atoms with Gasteiger partial charge in [-0.05, 0) is 47.7 Å². The first-order chi connectivity index (χ1) is 9.35. The zero-order chi connectivity index (χ0) is 13.1. The molecular weight excluding hydrogens is 254 g/mol. The maximum absolute atomic E-state index is 5.52. The first-order valence-corrected chi connectivity index (χ1v) is 7.70. The van der Waals surface area contributed by atoms with Crippen LogP contribution in [0.4, 0.5) is 5.69 Å². The summed E-state index contributed by atoms with van der Waals surface area (Å²) < 4.78 is 5.52. The summed E-state index contributed by atoms with van der Waals surface area (Å²) in [7, 11) is 0. The van der Waals surface area contributed by atoms with Crippen LogP contribution in [0.3, 0.4) is 0 Å². The minimum absolute atomic E-state index is 0.822. The lowest BCUT2D eigenvalue weighted by Gasteiger charge is -2.08. The molecule has 3 heteroatoms. The molecule has 98 valence electrons. The summed E-state index contributed by atoms with van der Waals surface area (Å²) in [4.78, 5) is 1.29. The third-order valence-corrected chi connectivity index (χ3v) is 4.08. The minimum atomic E-state index is 0.822. The van der Waals surface area contributed by atoms with Crippen LogP contribution < -0.4 is 10.1 Å². The van der Waals surface area contributed by atoms with Crippen LogP contribution >= 0.6 is 11.8 Å². The molecule has 0 aromatic heterocycles. The molecule has 0 radical (unpaired) electrons. The van der Waals surface area contributed by atoms with Gasteiger partial charge in [0.15, 0.2) is 0 Å². The summed E-state index contributed by atoms with van der Waals surface area (Å²) in [6, 6.07) is 15.0. The topological polar surface area (TPSA) is 21.3 Å². The number of nitrogens with one attached hydrogen (secondary N) is 1. The van der Waals surface area contributed by atoms with Crippen molar-refractivity contribution in [2.24, 2.45) is 0 Å². The van der Waals surface area contributed by atoms with E-state index in [1.807, 2.05) is 0 Å². The second-order valence-corrected chi connectivity index (χ2v) is 5.50. The average molecular weight is 271 g/mol. The monoisotopic (exact) mass is 271 g/mol. The van der Waals surface area contributed by atoms with Gasteiger partial charge in [0.1, 0.15) is 5.75 Å². The second-order valence-electron chi connectivity index (χ2n) is 4.62. The largest absolute Gasteiger partial charge is 0.493 e. The third kappa shape index (κ3) is 2.87. The molecule has 0 spiro atoms. The predicted molar refractivity (Wildman–Crippen MR) is 81.2 cm³/mol. The molecule has 3 rings (SSSR count).